The number of carbonyl (C=O) groups is 1. The highest BCUT2D eigenvalue weighted by Gasteiger charge is 2.61. The van der Waals surface area contributed by atoms with Crippen LogP contribution in [0.15, 0.2) is 24.3 Å². The maximum absolute atomic E-state index is 12.0. The van der Waals surface area contributed by atoms with E-state index in [-0.39, 0.29) is 10.8 Å². The first-order valence-electron chi connectivity index (χ1n) is 8.84. The van der Waals surface area contributed by atoms with Gasteiger partial charge < -0.3 is 5.11 Å². The van der Waals surface area contributed by atoms with Gasteiger partial charge in [0.25, 0.3) is 0 Å². The highest BCUT2D eigenvalue weighted by atomic mass is 16.4. The summed E-state index contributed by atoms with van der Waals surface area (Å²) in [5.41, 5.74) is 1.17. The van der Waals surface area contributed by atoms with E-state index in [4.69, 9.17) is 0 Å². The summed E-state index contributed by atoms with van der Waals surface area (Å²) in [4.78, 5) is 12.0. The van der Waals surface area contributed by atoms with Crippen molar-refractivity contribution in [3.05, 3.63) is 24.3 Å². The number of aliphatic carboxylic acids is 1. The van der Waals surface area contributed by atoms with Gasteiger partial charge in [-0.15, -0.1) is 6.58 Å². The van der Waals surface area contributed by atoms with Crippen molar-refractivity contribution in [1.29, 1.82) is 0 Å². The summed E-state index contributed by atoms with van der Waals surface area (Å²) >= 11 is 0. The first-order chi connectivity index (χ1) is 10.3. The van der Waals surface area contributed by atoms with Gasteiger partial charge in [-0.3, -0.25) is 4.79 Å². The Balaban J connectivity index is 2.06. The maximum Gasteiger partial charge on any atom is 0.309 e. The number of hydrogen-bond acceptors (Lipinski definition) is 1. The van der Waals surface area contributed by atoms with Crippen LogP contribution in [0.2, 0.25) is 0 Å². The quantitative estimate of drug-likeness (QED) is 0.711. The second-order valence-electron chi connectivity index (χ2n) is 8.57. The molecule has 122 valence electrons. The molecular weight excluding hydrogens is 272 g/mol. The summed E-state index contributed by atoms with van der Waals surface area (Å²) in [6.07, 6.45) is 12.1. The molecule has 0 unspecified atom stereocenters. The summed E-state index contributed by atoms with van der Waals surface area (Å²) in [5.74, 6) is 0.270. The molecule has 3 aliphatic carbocycles. The molecule has 0 radical (unpaired) electrons. The molecule has 2 saturated carbocycles. The zero-order valence-corrected chi connectivity index (χ0v) is 14.3. The van der Waals surface area contributed by atoms with Gasteiger partial charge in [-0.25, -0.2) is 0 Å². The molecule has 0 heterocycles. The van der Waals surface area contributed by atoms with E-state index >= 15 is 0 Å². The summed E-state index contributed by atoms with van der Waals surface area (Å²) in [6.45, 7) is 10.8. The van der Waals surface area contributed by atoms with E-state index in [0.717, 1.165) is 32.1 Å². The third kappa shape index (κ3) is 1.95. The fourth-order valence-electron chi connectivity index (χ4n) is 6.39. The average molecular weight is 302 g/mol. The number of fused-ring (bicyclic) bond motifs is 3. The minimum atomic E-state index is -0.586. The lowest BCUT2D eigenvalue weighted by atomic mass is 9.41. The van der Waals surface area contributed by atoms with Crippen LogP contribution >= 0.6 is 0 Å². The molecule has 0 spiro atoms. The molecule has 1 N–H and O–H groups in total. The van der Waals surface area contributed by atoms with Gasteiger partial charge in [0.15, 0.2) is 0 Å². The molecule has 22 heavy (non-hydrogen) atoms. The minimum absolute atomic E-state index is 0.102. The number of carboxylic acids is 1. The van der Waals surface area contributed by atoms with Crippen molar-refractivity contribution in [2.75, 3.05) is 0 Å². The Bertz CT molecular complexity index is 534. The van der Waals surface area contributed by atoms with E-state index in [1.807, 2.05) is 6.92 Å². The van der Waals surface area contributed by atoms with Crippen molar-refractivity contribution >= 4 is 5.97 Å². The molecule has 0 aromatic rings. The third-order valence-electron chi connectivity index (χ3n) is 7.50. The van der Waals surface area contributed by atoms with Gasteiger partial charge in [-0.1, -0.05) is 31.1 Å². The summed E-state index contributed by atoms with van der Waals surface area (Å²) in [7, 11) is 0. The van der Waals surface area contributed by atoms with Crippen molar-refractivity contribution in [3.8, 4) is 0 Å². The Kier molecular flexibility index (Phi) is 3.58. The van der Waals surface area contributed by atoms with Crippen LogP contribution in [0.5, 0.6) is 0 Å². The van der Waals surface area contributed by atoms with Gasteiger partial charge in [-0.2, -0.15) is 0 Å². The van der Waals surface area contributed by atoms with Gasteiger partial charge in [0.1, 0.15) is 0 Å². The second-order valence-corrected chi connectivity index (χ2v) is 8.57. The van der Waals surface area contributed by atoms with Gasteiger partial charge in [0.05, 0.1) is 5.41 Å². The Hall–Kier alpha value is -1.05. The molecule has 0 bridgehead atoms. The summed E-state index contributed by atoms with van der Waals surface area (Å²) < 4.78 is 0. The molecule has 0 aliphatic heterocycles. The SMILES string of the molecule is C=C[C@@]12C=C(C)CC[C@@H]1[C@]1(C)CCC[C@@](C)(C(=O)O)[C@H]1CC2. The van der Waals surface area contributed by atoms with Crippen molar-refractivity contribution < 1.29 is 9.90 Å². The van der Waals surface area contributed by atoms with Crippen LogP contribution in [0, 0.1) is 28.1 Å². The van der Waals surface area contributed by atoms with E-state index in [0.29, 0.717) is 11.8 Å². The molecule has 0 aromatic carbocycles. The van der Waals surface area contributed by atoms with Crippen LogP contribution in [0.1, 0.15) is 65.7 Å². The van der Waals surface area contributed by atoms with E-state index in [1.165, 1.54) is 18.4 Å². The van der Waals surface area contributed by atoms with Crippen molar-refractivity contribution in [3.63, 3.8) is 0 Å². The molecule has 0 amide bonds. The predicted molar refractivity (Wildman–Crippen MR) is 89.5 cm³/mol. The number of rotatable bonds is 2. The topological polar surface area (TPSA) is 37.3 Å². The van der Waals surface area contributed by atoms with Crippen LogP contribution in [0.3, 0.4) is 0 Å². The van der Waals surface area contributed by atoms with E-state index in [2.05, 4.69) is 32.6 Å². The molecule has 0 aromatic heterocycles. The third-order valence-corrected chi connectivity index (χ3v) is 7.50. The first kappa shape index (κ1) is 15.8. The molecular formula is C20H30O2. The molecule has 0 saturated heterocycles. The van der Waals surface area contributed by atoms with Crippen LogP contribution in [0.4, 0.5) is 0 Å². The molecule has 2 nitrogen and oxygen atoms in total. The van der Waals surface area contributed by atoms with Gasteiger partial charge >= 0.3 is 5.97 Å². The fraction of sp³-hybridized carbons (Fsp3) is 0.750. The molecule has 3 rings (SSSR count). The van der Waals surface area contributed by atoms with Gasteiger partial charge in [0, 0.05) is 5.41 Å². The Morgan fingerprint density at radius 3 is 2.64 bits per heavy atom. The van der Waals surface area contributed by atoms with Crippen molar-refractivity contribution in [2.24, 2.45) is 28.1 Å². The Morgan fingerprint density at radius 2 is 2.00 bits per heavy atom. The lowest BCUT2D eigenvalue weighted by Gasteiger charge is -2.62. The summed E-state index contributed by atoms with van der Waals surface area (Å²) in [5, 5.41) is 9.88. The molecule has 2 heteroatoms. The van der Waals surface area contributed by atoms with Crippen LogP contribution < -0.4 is 0 Å². The molecule has 5 atom stereocenters. The number of allylic oxidation sites excluding steroid dienone is 3. The van der Waals surface area contributed by atoms with E-state index < -0.39 is 11.4 Å². The average Bonchev–Trinajstić information content (AvgIpc) is 2.46. The zero-order chi connectivity index (χ0) is 16.2. The molecule has 2 fully saturated rings. The maximum atomic E-state index is 12.0. The minimum Gasteiger partial charge on any atom is -0.481 e. The highest BCUT2D eigenvalue weighted by molar-refractivity contribution is 5.75. The molecule has 3 aliphatic rings. The monoisotopic (exact) mass is 302 g/mol. The highest BCUT2D eigenvalue weighted by Crippen LogP contribution is 2.67. The fourth-order valence-corrected chi connectivity index (χ4v) is 6.39. The van der Waals surface area contributed by atoms with Crippen LogP contribution in [-0.4, -0.2) is 11.1 Å². The zero-order valence-electron chi connectivity index (χ0n) is 14.3. The number of hydrogen-bond donors (Lipinski definition) is 1. The smallest absolute Gasteiger partial charge is 0.309 e. The normalized spacial score (nSPS) is 47.9. The number of carboxylic acid groups (broad SMARTS) is 1. The van der Waals surface area contributed by atoms with Crippen molar-refractivity contribution in [2.45, 2.75) is 65.7 Å². The van der Waals surface area contributed by atoms with E-state index in [9.17, 15) is 9.90 Å². The lowest BCUT2D eigenvalue weighted by molar-refractivity contribution is -0.172. The first-order valence-corrected chi connectivity index (χ1v) is 8.84. The van der Waals surface area contributed by atoms with Gasteiger partial charge in [0.2, 0.25) is 0 Å². The summed E-state index contributed by atoms with van der Waals surface area (Å²) in [6, 6.07) is 0. The van der Waals surface area contributed by atoms with Crippen LogP contribution in [-0.2, 0) is 4.79 Å². The Labute approximate surface area is 134 Å². The Morgan fingerprint density at radius 1 is 1.27 bits per heavy atom. The van der Waals surface area contributed by atoms with Gasteiger partial charge in [-0.05, 0) is 69.6 Å². The lowest BCUT2D eigenvalue weighted by Crippen LogP contribution is -2.57. The second kappa shape index (κ2) is 4.97. The predicted octanol–water partition coefficient (Wildman–Crippen LogP) is 5.21. The van der Waals surface area contributed by atoms with E-state index in [1.54, 1.807) is 0 Å². The van der Waals surface area contributed by atoms with Crippen molar-refractivity contribution in [1.82, 2.24) is 0 Å². The standard InChI is InChI=1S/C20H30O2/c1-5-20-12-9-15-18(3,16(20)8-7-14(2)13-20)10-6-11-19(15,4)17(21)22/h5,13,15-16H,1,6-12H2,2-4H3,(H,21,22)/t15-,16+,18+,19+,20+/m0/s1. The van der Waals surface area contributed by atoms with Crippen LogP contribution in [0.25, 0.3) is 0 Å². The largest absolute Gasteiger partial charge is 0.481 e.